The highest BCUT2D eigenvalue weighted by molar-refractivity contribution is 8.19. The van der Waals surface area contributed by atoms with Gasteiger partial charge in [-0.15, -0.1) is 0 Å². The molecular weight excluding hydrogens is 654 g/mol. The number of rotatable bonds is 10. The van der Waals surface area contributed by atoms with Crippen LogP contribution in [0.15, 0.2) is 0 Å². The van der Waals surface area contributed by atoms with Crippen LogP contribution in [0.4, 0.5) is 11.9 Å². The van der Waals surface area contributed by atoms with Crippen molar-refractivity contribution in [2.45, 2.75) is 201 Å². The second kappa shape index (κ2) is 21.4. The molecule has 1 aromatic heterocycles. The summed E-state index contributed by atoms with van der Waals surface area (Å²) in [5, 5.41) is 2.83. The van der Waals surface area contributed by atoms with Crippen molar-refractivity contribution in [3.05, 3.63) is 5.28 Å². The van der Waals surface area contributed by atoms with Crippen molar-refractivity contribution in [3.8, 4) is 0 Å². The van der Waals surface area contributed by atoms with Crippen LogP contribution < -0.4 is 7.42 Å². The maximum atomic E-state index is 6.85. The molecule has 4 fully saturated rings. The Bertz CT molecular complexity index is 810. The number of aromatic nitrogens is 3. The van der Waals surface area contributed by atoms with Crippen molar-refractivity contribution >= 4 is 71.3 Å². The summed E-state index contributed by atoms with van der Waals surface area (Å²) in [5.41, 5.74) is 0. The molecule has 0 N–H and O–H groups in total. The van der Waals surface area contributed by atoms with Crippen LogP contribution in [-0.2, 0) is 0 Å². The molecule has 1 heterocycles. The van der Waals surface area contributed by atoms with E-state index in [-0.39, 0.29) is 0 Å². The van der Waals surface area contributed by atoms with Crippen LogP contribution in [0.2, 0.25) is 5.28 Å². The molecule has 0 unspecified atom stereocenters. The molecule has 0 bridgehead atoms. The third-order valence-corrected chi connectivity index (χ3v) is 15.8. The van der Waals surface area contributed by atoms with Crippen molar-refractivity contribution < 1.29 is 0 Å². The highest BCUT2D eigenvalue weighted by Gasteiger charge is 2.29. The predicted octanol–water partition coefficient (Wildman–Crippen LogP) is 13.2. The second-order valence-electron chi connectivity index (χ2n) is 14.0. The first-order valence-electron chi connectivity index (χ1n) is 18.9. The van der Waals surface area contributed by atoms with E-state index in [1.165, 1.54) is 180 Å². The van der Waals surface area contributed by atoms with Gasteiger partial charge in [-0.05, 0) is 111 Å². The molecule has 0 spiro atoms. The lowest BCUT2D eigenvalue weighted by Crippen LogP contribution is -2.23. The molecule has 256 valence electrons. The van der Waals surface area contributed by atoms with Crippen molar-refractivity contribution in [2.24, 2.45) is 0 Å². The SMILES string of the molecule is Clc1nc(N(SC2CCCCCCC2)SC2CCCCCCC2)nc(N(SC2CCCCCCC2)SC2CCCCCCC2)n1. The number of halogens is 1. The maximum absolute atomic E-state index is 6.85. The summed E-state index contributed by atoms with van der Waals surface area (Å²) in [7, 11) is 0. The van der Waals surface area contributed by atoms with Crippen LogP contribution in [0.1, 0.15) is 180 Å². The number of anilines is 2. The zero-order valence-electron chi connectivity index (χ0n) is 27.9. The quantitative estimate of drug-likeness (QED) is 0.220. The van der Waals surface area contributed by atoms with E-state index in [2.05, 4.69) is 7.42 Å². The Morgan fingerprint density at radius 2 is 0.578 bits per heavy atom. The molecule has 4 saturated carbocycles. The lowest BCUT2D eigenvalue weighted by atomic mass is 10.0. The minimum atomic E-state index is 0.345. The average molecular weight is 715 g/mol. The Morgan fingerprint density at radius 3 is 0.822 bits per heavy atom. The van der Waals surface area contributed by atoms with Crippen molar-refractivity contribution in [1.82, 2.24) is 15.0 Å². The molecule has 5 nitrogen and oxygen atoms in total. The van der Waals surface area contributed by atoms with Crippen LogP contribution in [-0.4, -0.2) is 36.0 Å². The molecule has 0 aliphatic heterocycles. The Hall–Kier alpha value is 0.300. The van der Waals surface area contributed by atoms with Crippen LogP contribution in [0, 0.1) is 0 Å². The van der Waals surface area contributed by atoms with Crippen LogP contribution in [0.3, 0.4) is 0 Å². The molecule has 0 saturated heterocycles. The molecule has 0 amide bonds. The summed E-state index contributed by atoms with van der Waals surface area (Å²) in [6, 6.07) is 0. The molecule has 10 heteroatoms. The zero-order chi connectivity index (χ0) is 30.9. The zero-order valence-corrected chi connectivity index (χ0v) is 31.9. The average Bonchev–Trinajstić information content (AvgIpc) is 2.96. The van der Waals surface area contributed by atoms with E-state index in [4.69, 9.17) is 26.6 Å². The van der Waals surface area contributed by atoms with Gasteiger partial charge in [0.1, 0.15) is 0 Å². The predicted molar refractivity (Wildman–Crippen MR) is 205 cm³/mol. The molecule has 45 heavy (non-hydrogen) atoms. The first-order valence-corrected chi connectivity index (χ1v) is 22.6. The van der Waals surface area contributed by atoms with Gasteiger partial charge in [-0.25, -0.2) is 7.42 Å². The van der Waals surface area contributed by atoms with E-state index < -0.39 is 0 Å². The second-order valence-corrected chi connectivity index (χ2v) is 19.8. The number of nitrogens with zero attached hydrogens (tertiary/aromatic N) is 5. The van der Waals surface area contributed by atoms with Crippen LogP contribution in [0.25, 0.3) is 0 Å². The van der Waals surface area contributed by atoms with Crippen molar-refractivity contribution in [2.75, 3.05) is 7.42 Å². The monoisotopic (exact) mass is 713 g/mol. The lowest BCUT2D eigenvalue weighted by Gasteiger charge is -2.32. The van der Waals surface area contributed by atoms with E-state index in [1.54, 1.807) is 0 Å². The summed E-state index contributed by atoms with van der Waals surface area (Å²) in [5.74, 6) is 1.54. The van der Waals surface area contributed by atoms with E-state index in [0.717, 1.165) is 11.9 Å². The third-order valence-electron chi connectivity index (χ3n) is 10.1. The highest BCUT2D eigenvalue weighted by atomic mass is 35.5. The maximum Gasteiger partial charge on any atom is 0.252 e. The Balaban J connectivity index is 1.39. The number of hydrogen-bond acceptors (Lipinski definition) is 9. The highest BCUT2D eigenvalue weighted by Crippen LogP contribution is 2.44. The number of hydrogen-bond donors (Lipinski definition) is 0. The van der Waals surface area contributed by atoms with Gasteiger partial charge in [0, 0.05) is 21.0 Å². The standard InChI is InChI=1S/C35H60ClN5S4/c36-33-37-34(40(42-29-21-13-5-1-6-14-22-29)43-30-23-15-7-2-8-16-24-30)39-35(38-33)41(44-31-25-17-9-3-10-18-26-31)45-32-27-19-11-4-12-20-28-32/h29-32H,1-28H2. The first kappa shape index (κ1) is 36.6. The van der Waals surface area contributed by atoms with Gasteiger partial charge in [0.05, 0.1) is 0 Å². The van der Waals surface area contributed by atoms with Gasteiger partial charge < -0.3 is 0 Å². The lowest BCUT2D eigenvalue weighted by molar-refractivity contribution is 0.511. The Kier molecular flexibility index (Phi) is 17.4. The van der Waals surface area contributed by atoms with E-state index in [9.17, 15) is 0 Å². The molecule has 0 aromatic carbocycles. The molecular formula is C35H60ClN5S4. The molecule has 4 aliphatic rings. The summed E-state index contributed by atoms with van der Waals surface area (Å²) >= 11 is 14.9. The third kappa shape index (κ3) is 13.6. The fourth-order valence-corrected chi connectivity index (χ4v) is 13.3. The van der Waals surface area contributed by atoms with Crippen molar-refractivity contribution in [3.63, 3.8) is 0 Å². The summed E-state index contributed by atoms with van der Waals surface area (Å²) in [6.45, 7) is 0. The molecule has 0 radical (unpaired) electrons. The van der Waals surface area contributed by atoms with Gasteiger partial charge in [-0.2, -0.15) is 15.0 Å². The largest absolute Gasteiger partial charge is 0.252 e. The fourth-order valence-electron chi connectivity index (χ4n) is 7.37. The van der Waals surface area contributed by atoms with Crippen LogP contribution in [0.5, 0.6) is 0 Å². The van der Waals surface area contributed by atoms with E-state index in [1.807, 2.05) is 47.8 Å². The molecule has 1 aromatic rings. The molecule has 5 rings (SSSR count). The van der Waals surface area contributed by atoms with Gasteiger partial charge >= 0.3 is 0 Å². The Morgan fingerprint density at radius 1 is 0.356 bits per heavy atom. The minimum absolute atomic E-state index is 0.345. The molecule has 0 atom stereocenters. The summed E-state index contributed by atoms with van der Waals surface area (Å²) in [4.78, 5) is 15.1. The van der Waals surface area contributed by atoms with E-state index >= 15 is 0 Å². The van der Waals surface area contributed by atoms with Gasteiger partial charge in [0.2, 0.25) is 5.28 Å². The minimum Gasteiger partial charge on any atom is -0.224 e. The van der Waals surface area contributed by atoms with Crippen LogP contribution >= 0.6 is 59.4 Å². The van der Waals surface area contributed by atoms with Gasteiger partial charge in [0.15, 0.2) is 0 Å². The van der Waals surface area contributed by atoms with Gasteiger partial charge in [-0.3, -0.25) is 0 Å². The topological polar surface area (TPSA) is 45.2 Å². The summed E-state index contributed by atoms with van der Waals surface area (Å²) in [6.07, 6.45) is 37.7. The summed E-state index contributed by atoms with van der Waals surface area (Å²) < 4.78 is 4.82. The first-order chi connectivity index (χ1) is 22.2. The molecule has 4 aliphatic carbocycles. The van der Waals surface area contributed by atoms with E-state index in [0.29, 0.717) is 26.3 Å². The smallest absolute Gasteiger partial charge is 0.224 e. The fraction of sp³-hybridized carbons (Fsp3) is 0.914. The Labute approximate surface area is 298 Å². The van der Waals surface area contributed by atoms with Crippen molar-refractivity contribution in [1.29, 1.82) is 0 Å². The van der Waals surface area contributed by atoms with Gasteiger partial charge in [0.25, 0.3) is 11.9 Å². The normalized spacial score (nSPS) is 23.4. The van der Waals surface area contributed by atoms with Gasteiger partial charge in [-0.1, -0.05) is 128 Å².